The fourth-order valence-corrected chi connectivity index (χ4v) is 10.2. The molecule has 1 aliphatic heterocycles. The molecular weight excluding hydrogens is 683 g/mol. The zero-order chi connectivity index (χ0) is 37.3. The molecule has 5 unspecified atom stereocenters. The molecule has 280 valence electrons. The van der Waals surface area contributed by atoms with Gasteiger partial charge in [-0.1, -0.05) is 146 Å². The van der Waals surface area contributed by atoms with Gasteiger partial charge in [0.2, 0.25) is 0 Å². The van der Waals surface area contributed by atoms with Crippen LogP contribution in [-0.4, -0.2) is 6.04 Å². The van der Waals surface area contributed by atoms with Crippen molar-refractivity contribution in [1.82, 2.24) is 10.6 Å². The predicted octanol–water partition coefficient (Wildman–Crippen LogP) is 13.0. The van der Waals surface area contributed by atoms with E-state index in [0.717, 1.165) is 36.0 Å². The topological polar surface area (TPSA) is 49.2 Å². The predicted molar refractivity (Wildman–Crippen MR) is 232 cm³/mol. The van der Waals surface area contributed by atoms with E-state index in [1.165, 1.54) is 76.5 Å². The molecule has 0 amide bonds. The van der Waals surface area contributed by atoms with Crippen molar-refractivity contribution in [2.45, 2.75) is 69.6 Å². The second-order valence-electron chi connectivity index (χ2n) is 16.3. The van der Waals surface area contributed by atoms with Crippen LogP contribution in [0.3, 0.4) is 0 Å². The summed E-state index contributed by atoms with van der Waals surface area (Å²) >= 11 is 0. The molecule has 56 heavy (non-hydrogen) atoms. The highest BCUT2D eigenvalue weighted by Crippen LogP contribution is 2.46. The van der Waals surface area contributed by atoms with E-state index in [9.17, 15) is 0 Å². The summed E-state index contributed by atoms with van der Waals surface area (Å²) in [6.07, 6.45) is 22.2. The number of allylic oxidation sites excluding steroid dienone is 4. The molecule has 4 heteroatoms. The maximum atomic E-state index is 6.43. The molecule has 6 atom stereocenters. The lowest BCUT2D eigenvalue weighted by molar-refractivity contribution is 0.192. The second-order valence-corrected chi connectivity index (χ2v) is 16.3. The van der Waals surface area contributed by atoms with Crippen molar-refractivity contribution in [3.05, 3.63) is 186 Å². The highest BCUT2D eigenvalue weighted by Gasteiger charge is 2.36. The quantitative estimate of drug-likeness (QED) is 0.136. The lowest BCUT2D eigenvalue weighted by Gasteiger charge is -2.41. The van der Waals surface area contributed by atoms with Gasteiger partial charge in [0.1, 0.15) is 17.3 Å². The standard InChI is InChI=1S/C52H51N3O/c1-3-16-35(17-4-1)48-34-49(55-52(54-48)36-18-5-2-6-19-36)44-26-8-7-24-41(44)37-20-13-21-38(32-37)42-25-9-11-30-47(42)53-40-23-14-22-39(33-40)43-28-15-29-46-45-27-10-12-31-50(45)56-51(43)46/h1-6,10-12,14-19,22-24,26-31,33-34,37-38,42,47-48,52-55H,7-9,13,20-21,25,32H2/t37?,38?,42?,47-,48?,52?/m1/s1. The number of fused-ring (bicyclic) bond motifs is 3. The third-order valence-electron chi connectivity index (χ3n) is 12.9. The van der Waals surface area contributed by atoms with E-state index in [0.29, 0.717) is 23.8 Å². The van der Waals surface area contributed by atoms with Crippen LogP contribution < -0.4 is 16.0 Å². The Morgan fingerprint density at radius 2 is 1.46 bits per heavy atom. The molecule has 6 aromatic rings. The van der Waals surface area contributed by atoms with Gasteiger partial charge >= 0.3 is 0 Å². The molecule has 1 saturated carbocycles. The molecule has 10 rings (SSSR count). The molecule has 0 radical (unpaired) electrons. The third-order valence-corrected chi connectivity index (χ3v) is 12.9. The van der Waals surface area contributed by atoms with Crippen LogP contribution >= 0.6 is 0 Å². The Morgan fingerprint density at radius 1 is 0.679 bits per heavy atom. The van der Waals surface area contributed by atoms with Crippen LogP contribution in [0.4, 0.5) is 5.69 Å². The number of benzene rings is 5. The minimum atomic E-state index is 0.0376. The van der Waals surface area contributed by atoms with Gasteiger partial charge in [-0.05, 0) is 108 Å². The SMILES string of the molecule is C1=C[C@@H](Nc2cccc(-c3cccc4c3oc3ccccc34)c2)C(C2CCCC(C3=CCCC=C3C3=CC(c4ccccc4)NC(c4ccccc4)N3)C2)CC1. The molecule has 2 heterocycles. The van der Waals surface area contributed by atoms with Crippen LogP contribution in [0.1, 0.15) is 74.7 Å². The van der Waals surface area contributed by atoms with Crippen molar-refractivity contribution in [3.8, 4) is 11.1 Å². The summed E-state index contributed by atoms with van der Waals surface area (Å²) in [5.41, 5.74) is 12.2. The van der Waals surface area contributed by atoms with Crippen molar-refractivity contribution in [1.29, 1.82) is 0 Å². The lowest BCUT2D eigenvalue weighted by Crippen LogP contribution is -2.41. The molecule has 3 N–H and O–H groups in total. The summed E-state index contributed by atoms with van der Waals surface area (Å²) in [4.78, 5) is 0. The number of hydrogen-bond donors (Lipinski definition) is 3. The maximum absolute atomic E-state index is 6.43. The van der Waals surface area contributed by atoms with E-state index in [-0.39, 0.29) is 12.2 Å². The number of hydrogen-bond acceptors (Lipinski definition) is 4. The van der Waals surface area contributed by atoms with E-state index in [1.807, 2.05) is 6.07 Å². The summed E-state index contributed by atoms with van der Waals surface area (Å²) in [6.45, 7) is 0. The Morgan fingerprint density at radius 3 is 2.36 bits per heavy atom. The highest BCUT2D eigenvalue weighted by molar-refractivity contribution is 6.09. The molecular formula is C52H51N3O. The van der Waals surface area contributed by atoms with Crippen LogP contribution in [0.15, 0.2) is 179 Å². The molecule has 3 aliphatic carbocycles. The lowest BCUT2D eigenvalue weighted by atomic mass is 9.67. The average molecular weight is 734 g/mol. The van der Waals surface area contributed by atoms with Crippen molar-refractivity contribution in [2.24, 2.45) is 17.8 Å². The molecule has 1 aromatic heterocycles. The minimum Gasteiger partial charge on any atom is -0.455 e. The molecule has 4 nitrogen and oxygen atoms in total. The number of para-hydroxylation sites is 2. The van der Waals surface area contributed by atoms with E-state index >= 15 is 0 Å². The summed E-state index contributed by atoms with van der Waals surface area (Å²) in [5.74, 6) is 1.85. The van der Waals surface area contributed by atoms with Crippen LogP contribution in [-0.2, 0) is 0 Å². The van der Waals surface area contributed by atoms with Gasteiger partial charge in [-0.25, -0.2) is 0 Å². The fraction of sp³-hybridized carbons (Fsp3) is 0.269. The van der Waals surface area contributed by atoms with Gasteiger partial charge in [0.25, 0.3) is 0 Å². The van der Waals surface area contributed by atoms with Gasteiger partial charge in [0.15, 0.2) is 0 Å². The highest BCUT2D eigenvalue weighted by atomic mass is 16.3. The Bertz CT molecular complexity index is 2450. The van der Waals surface area contributed by atoms with E-state index in [2.05, 4.69) is 168 Å². The minimum absolute atomic E-state index is 0.0376. The zero-order valence-electron chi connectivity index (χ0n) is 32.0. The van der Waals surface area contributed by atoms with Gasteiger partial charge in [0.05, 0.1) is 6.04 Å². The number of anilines is 1. The number of nitrogens with one attached hydrogen (secondary N) is 3. The maximum Gasteiger partial charge on any atom is 0.143 e. The average Bonchev–Trinajstić information content (AvgIpc) is 3.66. The smallest absolute Gasteiger partial charge is 0.143 e. The summed E-state index contributed by atoms with van der Waals surface area (Å²) in [7, 11) is 0. The van der Waals surface area contributed by atoms with Gasteiger partial charge in [-0.2, -0.15) is 0 Å². The van der Waals surface area contributed by atoms with Crippen molar-refractivity contribution >= 4 is 27.6 Å². The summed E-state index contributed by atoms with van der Waals surface area (Å²) < 4.78 is 6.43. The van der Waals surface area contributed by atoms with Gasteiger partial charge in [0, 0.05) is 33.8 Å². The first-order chi connectivity index (χ1) is 27.7. The number of rotatable bonds is 8. The number of furan rings is 1. The molecule has 0 spiro atoms. The van der Waals surface area contributed by atoms with E-state index < -0.39 is 0 Å². The first kappa shape index (κ1) is 34.9. The fourth-order valence-electron chi connectivity index (χ4n) is 10.2. The summed E-state index contributed by atoms with van der Waals surface area (Å²) in [6, 6.07) is 46.0. The Hall–Kier alpha value is -5.58. The first-order valence-corrected chi connectivity index (χ1v) is 20.9. The van der Waals surface area contributed by atoms with Gasteiger partial charge in [-0.15, -0.1) is 0 Å². The Kier molecular flexibility index (Phi) is 9.66. The second kappa shape index (κ2) is 15.5. The Labute approximate surface area is 331 Å². The first-order valence-electron chi connectivity index (χ1n) is 20.9. The monoisotopic (exact) mass is 733 g/mol. The third kappa shape index (κ3) is 6.92. The van der Waals surface area contributed by atoms with E-state index in [1.54, 1.807) is 5.57 Å². The molecule has 5 aromatic carbocycles. The normalized spacial score (nSPS) is 25.2. The zero-order valence-corrected chi connectivity index (χ0v) is 32.0. The Balaban J connectivity index is 0.891. The van der Waals surface area contributed by atoms with Crippen molar-refractivity contribution < 1.29 is 4.42 Å². The van der Waals surface area contributed by atoms with E-state index in [4.69, 9.17) is 4.42 Å². The molecule has 0 bridgehead atoms. The van der Waals surface area contributed by atoms with Crippen molar-refractivity contribution in [2.75, 3.05) is 5.32 Å². The molecule has 0 saturated heterocycles. The van der Waals surface area contributed by atoms with Crippen molar-refractivity contribution in [3.63, 3.8) is 0 Å². The van der Waals surface area contributed by atoms with Crippen LogP contribution in [0, 0.1) is 17.8 Å². The van der Waals surface area contributed by atoms with Crippen LogP contribution in [0.2, 0.25) is 0 Å². The van der Waals surface area contributed by atoms with Crippen LogP contribution in [0.5, 0.6) is 0 Å². The van der Waals surface area contributed by atoms with Gasteiger partial charge < -0.3 is 15.1 Å². The largest absolute Gasteiger partial charge is 0.455 e. The summed E-state index contributed by atoms with van der Waals surface area (Å²) in [5, 5.41) is 14.2. The van der Waals surface area contributed by atoms with Crippen LogP contribution in [0.25, 0.3) is 33.1 Å². The van der Waals surface area contributed by atoms with Gasteiger partial charge in [-0.3, -0.25) is 5.32 Å². The molecule has 4 aliphatic rings. The molecule has 1 fully saturated rings.